The van der Waals surface area contributed by atoms with E-state index in [0.717, 1.165) is 10.0 Å². The monoisotopic (exact) mass is 487 g/mol. The van der Waals surface area contributed by atoms with Crippen LogP contribution in [-0.4, -0.2) is 21.2 Å². The minimum Gasteiger partial charge on any atom is -0.507 e. The number of aromatic nitrogens is 1. The van der Waals surface area contributed by atoms with E-state index in [-0.39, 0.29) is 11.4 Å². The van der Waals surface area contributed by atoms with E-state index in [2.05, 4.69) is 25.9 Å². The second-order valence-corrected chi connectivity index (χ2v) is 7.92. The molecule has 5 rings (SSSR count). The molecule has 0 amide bonds. The lowest BCUT2D eigenvalue weighted by Crippen LogP contribution is -1.90. The van der Waals surface area contributed by atoms with Crippen molar-refractivity contribution < 1.29 is 14.4 Å². The van der Waals surface area contributed by atoms with Gasteiger partial charge in [-0.2, -0.15) is 0 Å². The number of hydrogen-bond donors (Lipinski definition) is 1. The fourth-order valence-electron chi connectivity index (χ4n) is 3.46. The standard InChI is InChI=1S/C24H14BrN3O4/c25-20-4-2-1-3-18(20)24-27-21-12-15(6-10-23(21)32-24)26-13-19-17-8-7-16(28(30)31)11-14(17)5-9-22(19)29/h1-13,29H. The lowest BCUT2D eigenvalue weighted by Gasteiger charge is -2.05. The van der Waals surface area contributed by atoms with Crippen LogP contribution in [0.5, 0.6) is 5.75 Å². The maximum atomic E-state index is 11.0. The van der Waals surface area contributed by atoms with Crippen LogP contribution in [0.4, 0.5) is 11.4 Å². The van der Waals surface area contributed by atoms with Crippen molar-refractivity contribution in [1.82, 2.24) is 4.98 Å². The molecule has 5 aromatic rings. The van der Waals surface area contributed by atoms with E-state index in [9.17, 15) is 15.2 Å². The van der Waals surface area contributed by atoms with Crippen molar-refractivity contribution in [2.45, 2.75) is 0 Å². The average molecular weight is 488 g/mol. The van der Waals surface area contributed by atoms with Crippen LogP contribution < -0.4 is 0 Å². The summed E-state index contributed by atoms with van der Waals surface area (Å²) in [6.45, 7) is 0. The first kappa shape index (κ1) is 19.9. The van der Waals surface area contributed by atoms with Gasteiger partial charge in [0.15, 0.2) is 5.58 Å². The van der Waals surface area contributed by atoms with Crippen LogP contribution in [0, 0.1) is 10.1 Å². The largest absolute Gasteiger partial charge is 0.507 e. The number of hydrogen-bond acceptors (Lipinski definition) is 6. The molecule has 0 spiro atoms. The highest BCUT2D eigenvalue weighted by Gasteiger charge is 2.12. The Morgan fingerprint density at radius 3 is 2.72 bits per heavy atom. The highest BCUT2D eigenvalue weighted by molar-refractivity contribution is 9.10. The summed E-state index contributed by atoms with van der Waals surface area (Å²) < 4.78 is 6.76. The lowest BCUT2D eigenvalue weighted by atomic mass is 10.0. The quantitative estimate of drug-likeness (QED) is 0.171. The lowest BCUT2D eigenvalue weighted by molar-refractivity contribution is -0.384. The van der Waals surface area contributed by atoms with Gasteiger partial charge in [0.25, 0.3) is 5.69 Å². The SMILES string of the molecule is O=[N+]([O-])c1ccc2c(C=Nc3ccc4oc(-c5ccccc5Br)nc4c3)c(O)ccc2c1. The molecular weight excluding hydrogens is 474 g/mol. The highest BCUT2D eigenvalue weighted by Crippen LogP contribution is 2.32. The van der Waals surface area contributed by atoms with Crippen molar-refractivity contribution >= 4 is 55.4 Å². The number of non-ortho nitro benzene ring substituents is 1. The van der Waals surface area contributed by atoms with Crippen molar-refractivity contribution in [3.63, 3.8) is 0 Å². The summed E-state index contributed by atoms with van der Waals surface area (Å²) in [5.41, 5.74) is 3.24. The fourth-order valence-corrected chi connectivity index (χ4v) is 3.92. The first-order valence-corrected chi connectivity index (χ1v) is 10.4. The molecule has 4 aromatic carbocycles. The van der Waals surface area contributed by atoms with Gasteiger partial charge in [-0.15, -0.1) is 0 Å². The zero-order chi connectivity index (χ0) is 22.2. The Balaban J connectivity index is 1.52. The number of rotatable bonds is 4. The molecule has 0 fully saturated rings. The number of phenols is 1. The Morgan fingerprint density at radius 2 is 1.91 bits per heavy atom. The average Bonchev–Trinajstić information content (AvgIpc) is 3.21. The van der Waals surface area contributed by atoms with Gasteiger partial charge in [-0.25, -0.2) is 4.98 Å². The number of benzene rings is 4. The van der Waals surface area contributed by atoms with E-state index in [0.29, 0.717) is 39.0 Å². The van der Waals surface area contributed by atoms with Gasteiger partial charge in [0.05, 0.1) is 16.2 Å². The number of aliphatic imine (C=N–C) groups is 1. The van der Waals surface area contributed by atoms with Crippen LogP contribution >= 0.6 is 15.9 Å². The normalized spacial score (nSPS) is 11.5. The summed E-state index contributed by atoms with van der Waals surface area (Å²) in [7, 11) is 0. The number of oxazole rings is 1. The van der Waals surface area contributed by atoms with Crippen molar-refractivity contribution in [3.05, 3.63) is 92.9 Å². The van der Waals surface area contributed by atoms with E-state index in [1.807, 2.05) is 24.3 Å². The van der Waals surface area contributed by atoms with Crippen LogP contribution in [0.2, 0.25) is 0 Å². The van der Waals surface area contributed by atoms with Crippen molar-refractivity contribution in [1.29, 1.82) is 0 Å². The van der Waals surface area contributed by atoms with Gasteiger partial charge in [0.2, 0.25) is 5.89 Å². The number of nitro groups is 1. The van der Waals surface area contributed by atoms with Gasteiger partial charge in [0.1, 0.15) is 11.3 Å². The summed E-state index contributed by atoms with van der Waals surface area (Å²) in [5, 5.41) is 22.7. The number of nitrogens with zero attached hydrogens (tertiary/aromatic N) is 3. The number of nitro benzene ring substituents is 1. The third-order valence-corrected chi connectivity index (χ3v) is 5.74. The Hall–Kier alpha value is -4.04. The predicted molar refractivity (Wildman–Crippen MR) is 127 cm³/mol. The van der Waals surface area contributed by atoms with Gasteiger partial charge < -0.3 is 9.52 Å². The minimum atomic E-state index is -0.449. The summed E-state index contributed by atoms with van der Waals surface area (Å²) in [6, 6.07) is 20.7. The molecule has 0 aliphatic heterocycles. The molecule has 0 atom stereocenters. The van der Waals surface area contributed by atoms with Gasteiger partial charge in [-0.1, -0.05) is 18.2 Å². The van der Waals surface area contributed by atoms with Crippen molar-refractivity contribution in [2.24, 2.45) is 4.99 Å². The molecule has 0 unspecified atom stereocenters. The van der Waals surface area contributed by atoms with Crippen LogP contribution in [0.25, 0.3) is 33.3 Å². The molecule has 0 radical (unpaired) electrons. The summed E-state index contributed by atoms with van der Waals surface area (Å²) in [5.74, 6) is 0.538. The van der Waals surface area contributed by atoms with E-state index in [4.69, 9.17) is 4.42 Å². The van der Waals surface area contributed by atoms with E-state index in [1.165, 1.54) is 18.2 Å². The van der Waals surface area contributed by atoms with Gasteiger partial charge in [-0.05, 0) is 69.2 Å². The zero-order valence-corrected chi connectivity index (χ0v) is 18.0. The van der Waals surface area contributed by atoms with E-state index < -0.39 is 4.92 Å². The molecule has 1 heterocycles. The Kier molecular flexibility index (Phi) is 4.91. The number of aromatic hydroxyl groups is 1. The molecule has 0 saturated carbocycles. The van der Waals surface area contributed by atoms with Crippen LogP contribution in [0.3, 0.4) is 0 Å². The van der Waals surface area contributed by atoms with Crippen molar-refractivity contribution in [3.8, 4) is 17.2 Å². The van der Waals surface area contributed by atoms with Crippen LogP contribution in [0.1, 0.15) is 5.56 Å². The van der Waals surface area contributed by atoms with Gasteiger partial charge >= 0.3 is 0 Å². The maximum Gasteiger partial charge on any atom is 0.270 e. The summed E-state index contributed by atoms with van der Waals surface area (Å²) in [6.07, 6.45) is 1.54. The number of phenolic OH excluding ortho intramolecular Hbond substituents is 1. The van der Waals surface area contributed by atoms with Gasteiger partial charge in [-0.3, -0.25) is 15.1 Å². The second-order valence-electron chi connectivity index (χ2n) is 7.07. The molecule has 7 nitrogen and oxygen atoms in total. The van der Waals surface area contributed by atoms with Crippen molar-refractivity contribution in [2.75, 3.05) is 0 Å². The third kappa shape index (κ3) is 3.61. The van der Waals surface area contributed by atoms with E-state index in [1.54, 1.807) is 36.5 Å². The number of halogens is 1. The smallest absolute Gasteiger partial charge is 0.270 e. The molecule has 0 aliphatic carbocycles. The predicted octanol–water partition coefficient (Wildman–Crippen LogP) is 6.77. The molecule has 0 bridgehead atoms. The molecule has 32 heavy (non-hydrogen) atoms. The second kappa shape index (κ2) is 7.90. The van der Waals surface area contributed by atoms with E-state index >= 15 is 0 Å². The molecule has 8 heteroatoms. The molecule has 0 aliphatic rings. The molecule has 1 aromatic heterocycles. The Bertz CT molecular complexity index is 1540. The molecule has 1 N–H and O–H groups in total. The van der Waals surface area contributed by atoms with Crippen LogP contribution in [0.15, 0.2) is 86.7 Å². The molecular formula is C24H14BrN3O4. The first-order valence-electron chi connectivity index (χ1n) is 9.59. The molecule has 156 valence electrons. The summed E-state index contributed by atoms with van der Waals surface area (Å²) >= 11 is 3.51. The van der Waals surface area contributed by atoms with Crippen LogP contribution in [-0.2, 0) is 0 Å². The maximum absolute atomic E-state index is 11.0. The minimum absolute atomic E-state index is 0.0107. The highest BCUT2D eigenvalue weighted by atomic mass is 79.9. The third-order valence-electron chi connectivity index (χ3n) is 5.05. The zero-order valence-electron chi connectivity index (χ0n) is 16.4. The Labute approximate surface area is 189 Å². The summed E-state index contributed by atoms with van der Waals surface area (Å²) in [4.78, 5) is 19.6. The topological polar surface area (TPSA) is 102 Å². The fraction of sp³-hybridized carbons (Fsp3) is 0. The van der Waals surface area contributed by atoms with Gasteiger partial charge in [0, 0.05) is 28.4 Å². The molecule has 0 saturated heterocycles. The first-order chi connectivity index (χ1) is 15.5. The Morgan fingerprint density at radius 1 is 1.06 bits per heavy atom. The number of fused-ring (bicyclic) bond motifs is 2.